The van der Waals surface area contributed by atoms with Crippen LogP contribution in [-0.2, 0) is 21.7 Å². The Hall–Kier alpha value is -4.64. The minimum atomic E-state index is -1.81. The van der Waals surface area contributed by atoms with Crippen molar-refractivity contribution in [2.24, 2.45) is 0 Å². The van der Waals surface area contributed by atoms with E-state index in [1.165, 1.54) is 19.1 Å². The lowest BCUT2D eigenvalue weighted by Crippen LogP contribution is -2.49. The molecule has 0 unspecified atom stereocenters. The van der Waals surface area contributed by atoms with Crippen LogP contribution in [0.5, 0.6) is 0 Å². The number of nitrogens with zero attached hydrogens (tertiary/aromatic N) is 1. The number of carbonyl (C=O) groups is 2. The monoisotopic (exact) mass is 458 g/mol. The minimum Gasteiger partial charge on any atom is -0.479 e. The molecule has 4 aromatic rings. The molecule has 0 aliphatic rings. The number of halogens is 1. The number of nitriles is 1. The predicted molar refractivity (Wildman–Crippen MR) is 121 cm³/mol. The highest BCUT2D eigenvalue weighted by Crippen LogP contribution is 2.28. The number of hydrogen-bond acceptors (Lipinski definition) is 5. The second-order valence-electron chi connectivity index (χ2n) is 7.80. The van der Waals surface area contributed by atoms with Crippen molar-refractivity contribution in [1.29, 1.82) is 5.26 Å². The van der Waals surface area contributed by atoms with Gasteiger partial charge in [0.15, 0.2) is 12.1 Å². The second-order valence-corrected chi connectivity index (χ2v) is 7.80. The Morgan fingerprint density at radius 3 is 2.53 bits per heavy atom. The first kappa shape index (κ1) is 22.6. The molecular formula is C26H19FN2O5. The molecule has 2 N–H and O–H groups in total. The summed E-state index contributed by atoms with van der Waals surface area (Å²) in [6, 6.07) is 21.4. The van der Waals surface area contributed by atoms with Crippen molar-refractivity contribution < 1.29 is 28.2 Å². The van der Waals surface area contributed by atoms with Crippen LogP contribution >= 0.6 is 0 Å². The number of carboxylic acid groups (broad SMARTS) is 1. The van der Waals surface area contributed by atoms with E-state index in [-0.39, 0.29) is 12.2 Å². The molecule has 4 rings (SSSR count). The van der Waals surface area contributed by atoms with E-state index in [0.717, 1.165) is 28.6 Å². The van der Waals surface area contributed by atoms with Crippen LogP contribution in [0.1, 0.15) is 23.8 Å². The van der Waals surface area contributed by atoms with E-state index < -0.39 is 23.4 Å². The summed E-state index contributed by atoms with van der Waals surface area (Å²) in [7, 11) is 0. The number of hydrogen-bond donors (Lipinski definition) is 2. The van der Waals surface area contributed by atoms with Crippen LogP contribution in [0.15, 0.2) is 77.2 Å². The van der Waals surface area contributed by atoms with Gasteiger partial charge >= 0.3 is 12.1 Å². The van der Waals surface area contributed by atoms with Crippen LogP contribution in [0.25, 0.3) is 22.1 Å². The largest absolute Gasteiger partial charge is 0.479 e. The van der Waals surface area contributed by atoms with Gasteiger partial charge in [-0.2, -0.15) is 5.26 Å². The van der Waals surface area contributed by atoms with Crippen LogP contribution in [0, 0.1) is 17.1 Å². The van der Waals surface area contributed by atoms with Crippen molar-refractivity contribution in [3.05, 3.63) is 95.5 Å². The SMILES string of the molecule is C[C@](NC(=O)OCc1cc2cc(-c3cccc(C#N)c3)ccc2o1)(C(=O)O)c1ccc(F)cc1. The van der Waals surface area contributed by atoms with Crippen LogP contribution < -0.4 is 5.32 Å². The molecule has 0 saturated heterocycles. The molecule has 0 radical (unpaired) electrons. The number of amides is 1. The van der Waals surface area contributed by atoms with Gasteiger partial charge in [-0.1, -0.05) is 30.3 Å². The first-order chi connectivity index (χ1) is 16.3. The molecule has 0 aliphatic heterocycles. The van der Waals surface area contributed by atoms with Gasteiger partial charge in [-0.05, 0) is 66.1 Å². The normalized spacial score (nSPS) is 12.5. The van der Waals surface area contributed by atoms with E-state index in [2.05, 4.69) is 11.4 Å². The van der Waals surface area contributed by atoms with Gasteiger partial charge in [0.2, 0.25) is 0 Å². The molecule has 0 fully saturated rings. The van der Waals surface area contributed by atoms with E-state index in [0.29, 0.717) is 16.9 Å². The summed E-state index contributed by atoms with van der Waals surface area (Å²) in [5, 5.41) is 21.8. The third-order valence-electron chi connectivity index (χ3n) is 5.44. The number of benzene rings is 3. The molecule has 7 nitrogen and oxygen atoms in total. The van der Waals surface area contributed by atoms with E-state index in [1.54, 1.807) is 24.3 Å². The van der Waals surface area contributed by atoms with Crippen molar-refractivity contribution in [3.63, 3.8) is 0 Å². The maximum Gasteiger partial charge on any atom is 0.408 e. The molecule has 0 spiro atoms. The van der Waals surface area contributed by atoms with Gasteiger partial charge in [-0.25, -0.2) is 14.0 Å². The third kappa shape index (κ3) is 4.59. The number of ether oxygens (including phenoxy) is 1. The van der Waals surface area contributed by atoms with Crippen LogP contribution in [-0.4, -0.2) is 17.2 Å². The van der Waals surface area contributed by atoms with E-state index >= 15 is 0 Å². The molecular weight excluding hydrogens is 439 g/mol. The van der Waals surface area contributed by atoms with Crippen molar-refractivity contribution >= 4 is 23.0 Å². The lowest BCUT2D eigenvalue weighted by molar-refractivity contribution is -0.144. The number of aliphatic carboxylic acids is 1. The maximum absolute atomic E-state index is 13.2. The Kier molecular flexibility index (Phi) is 6.02. The van der Waals surface area contributed by atoms with Gasteiger partial charge in [0.1, 0.15) is 17.2 Å². The number of fused-ring (bicyclic) bond motifs is 1. The fourth-order valence-corrected chi connectivity index (χ4v) is 3.53. The van der Waals surface area contributed by atoms with Crippen molar-refractivity contribution in [3.8, 4) is 17.2 Å². The predicted octanol–water partition coefficient (Wildman–Crippen LogP) is 5.34. The molecule has 170 valence electrons. The lowest BCUT2D eigenvalue weighted by Gasteiger charge is -2.26. The summed E-state index contributed by atoms with van der Waals surface area (Å²) >= 11 is 0. The highest BCUT2D eigenvalue weighted by Gasteiger charge is 2.37. The third-order valence-corrected chi connectivity index (χ3v) is 5.44. The van der Waals surface area contributed by atoms with E-state index in [1.807, 2.05) is 24.3 Å². The fraction of sp³-hybridized carbons (Fsp3) is 0.115. The second kappa shape index (κ2) is 9.08. The van der Waals surface area contributed by atoms with Gasteiger partial charge in [0.25, 0.3) is 0 Å². The number of carboxylic acids is 1. The van der Waals surface area contributed by atoms with E-state index in [9.17, 15) is 19.1 Å². The van der Waals surface area contributed by atoms with Gasteiger partial charge in [-0.3, -0.25) is 0 Å². The van der Waals surface area contributed by atoms with Crippen molar-refractivity contribution in [1.82, 2.24) is 5.32 Å². The van der Waals surface area contributed by atoms with Crippen molar-refractivity contribution in [2.75, 3.05) is 0 Å². The minimum absolute atomic E-state index is 0.190. The Morgan fingerprint density at radius 2 is 1.82 bits per heavy atom. The number of alkyl carbamates (subject to hydrolysis) is 1. The molecule has 3 aromatic carbocycles. The van der Waals surface area contributed by atoms with Gasteiger partial charge < -0.3 is 19.6 Å². The molecule has 34 heavy (non-hydrogen) atoms. The molecule has 1 amide bonds. The van der Waals surface area contributed by atoms with Gasteiger partial charge in [-0.15, -0.1) is 0 Å². The summed E-state index contributed by atoms with van der Waals surface area (Å²) in [6.45, 7) is 1.06. The van der Waals surface area contributed by atoms with Crippen LogP contribution in [0.3, 0.4) is 0 Å². The van der Waals surface area contributed by atoms with E-state index in [4.69, 9.17) is 14.4 Å². The van der Waals surface area contributed by atoms with Crippen molar-refractivity contribution in [2.45, 2.75) is 19.1 Å². The molecule has 0 bridgehead atoms. The molecule has 1 heterocycles. The zero-order valence-electron chi connectivity index (χ0n) is 18.0. The quantitative estimate of drug-likeness (QED) is 0.403. The number of furan rings is 1. The molecule has 1 atom stereocenters. The standard InChI is InChI=1S/C26H19FN2O5/c1-26(24(30)31,20-6-8-21(27)9-7-20)29-25(32)33-15-22-13-19-12-18(5-10-23(19)34-22)17-4-2-3-16(11-17)14-28/h2-13H,15H2,1H3,(H,29,32)(H,30,31)/t26-/m1/s1. The lowest BCUT2D eigenvalue weighted by atomic mass is 9.92. The molecule has 8 heteroatoms. The average Bonchev–Trinajstić information content (AvgIpc) is 3.25. The number of nitrogens with one attached hydrogen (secondary N) is 1. The maximum atomic E-state index is 13.2. The van der Waals surface area contributed by atoms with Gasteiger partial charge in [0, 0.05) is 5.39 Å². The zero-order valence-corrected chi connectivity index (χ0v) is 18.0. The Bertz CT molecular complexity index is 1420. The Labute approximate surface area is 194 Å². The summed E-state index contributed by atoms with van der Waals surface area (Å²) in [4.78, 5) is 24.2. The summed E-state index contributed by atoms with van der Waals surface area (Å²) in [6.07, 6.45) is -0.969. The summed E-state index contributed by atoms with van der Waals surface area (Å²) < 4.78 is 24.1. The fourth-order valence-electron chi connectivity index (χ4n) is 3.53. The zero-order chi connectivity index (χ0) is 24.3. The summed E-state index contributed by atoms with van der Waals surface area (Å²) in [5.74, 6) is -1.48. The molecule has 0 aliphatic carbocycles. The first-order valence-corrected chi connectivity index (χ1v) is 10.3. The average molecular weight is 458 g/mol. The topological polar surface area (TPSA) is 113 Å². The van der Waals surface area contributed by atoms with Gasteiger partial charge in [0.05, 0.1) is 11.6 Å². The van der Waals surface area contributed by atoms with Crippen LogP contribution in [0.4, 0.5) is 9.18 Å². The number of carbonyl (C=O) groups excluding carboxylic acids is 1. The highest BCUT2D eigenvalue weighted by atomic mass is 19.1. The first-order valence-electron chi connectivity index (χ1n) is 10.3. The smallest absolute Gasteiger partial charge is 0.408 e. The molecule has 0 saturated carbocycles. The molecule has 1 aromatic heterocycles. The summed E-state index contributed by atoms with van der Waals surface area (Å²) in [5.41, 5.74) is 1.29. The Morgan fingerprint density at radius 1 is 1.09 bits per heavy atom. The Balaban J connectivity index is 1.47. The van der Waals surface area contributed by atoms with Crippen LogP contribution in [0.2, 0.25) is 0 Å². The number of rotatable bonds is 6. The highest BCUT2D eigenvalue weighted by molar-refractivity contribution is 5.86.